The maximum atomic E-state index is 10.8. The Labute approximate surface area is 99.2 Å². The number of amides is 1. The van der Waals surface area contributed by atoms with Crippen LogP contribution in [-0.4, -0.2) is 33.6 Å². The van der Waals surface area contributed by atoms with Gasteiger partial charge in [-0.15, -0.1) is 0 Å². The van der Waals surface area contributed by atoms with Crippen LogP contribution in [0.3, 0.4) is 0 Å². The minimum atomic E-state index is -0.631. The Kier molecular flexibility index (Phi) is 4.80. The average molecular weight is 238 g/mol. The van der Waals surface area contributed by atoms with Gasteiger partial charge >= 0.3 is 6.09 Å². The Balaban J connectivity index is 2.79. The van der Waals surface area contributed by atoms with E-state index in [4.69, 9.17) is 9.47 Å². The van der Waals surface area contributed by atoms with Crippen molar-refractivity contribution < 1.29 is 19.0 Å². The molecular formula is C11H14N2O4. The zero-order valence-corrected chi connectivity index (χ0v) is 9.89. The smallest absolute Gasteiger partial charge is 0.427 e. The van der Waals surface area contributed by atoms with Crippen LogP contribution < -0.4 is 14.9 Å². The van der Waals surface area contributed by atoms with Crippen molar-refractivity contribution in [1.82, 2.24) is 5.43 Å². The highest BCUT2D eigenvalue weighted by Gasteiger charge is 2.02. The molecule has 92 valence electrons. The lowest BCUT2D eigenvalue weighted by molar-refractivity contribution is 0.171. The molecule has 0 bridgehead atoms. The van der Waals surface area contributed by atoms with Crippen molar-refractivity contribution >= 4 is 12.3 Å². The molecule has 0 radical (unpaired) electrons. The average Bonchev–Trinajstić information content (AvgIpc) is 2.38. The zero-order valence-electron chi connectivity index (χ0n) is 9.89. The Bertz CT molecular complexity index is 418. The van der Waals surface area contributed by atoms with Crippen LogP contribution in [-0.2, 0) is 4.74 Å². The summed E-state index contributed by atoms with van der Waals surface area (Å²) in [4.78, 5) is 10.8. The maximum absolute atomic E-state index is 10.8. The summed E-state index contributed by atoms with van der Waals surface area (Å²) in [5, 5.41) is 3.71. The van der Waals surface area contributed by atoms with Crippen molar-refractivity contribution in [1.29, 1.82) is 0 Å². The van der Waals surface area contributed by atoms with E-state index in [1.807, 2.05) is 0 Å². The van der Waals surface area contributed by atoms with E-state index in [1.165, 1.54) is 13.3 Å². The van der Waals surface area contributed by atoms with E-state index >= 15 is 0 Å². The number of nitrogens with one attached hydrogen (secondary N) is 1. The molecule has 0 aliphatic carbocycles. The summed E-state index contributed by atoms with van der Waals surface area (Å²) in [5.74, 6) is 1.28. The number of hydrazone groups is 1. The highest BCUT2D eigenvalue weighted by molar-refractivity contribution is 5.84. The summed E-state index contributed by atoms with van der Waals surface area (Å²) in [7, 11) is 4.38. The molecule has 1 rings (SSSR count). The van der Waals surface area contributed by atoms with Crippen molar-refractivity contribution in [3.63, 3.8) is 0 Å². The monoisotopic (exact) mass is 238 g/mol. The van der Waals surface area contributed by atoms with Crippen LogP contribution in [0.25, 0.3) is 0 Å². The van der Waals surface area contributed by atoms with Gasteiger partial charge in [0.25, 0.3) is 0 Å². The molecule has 6 nitrogen and oxygen atoms in total. The Morgan fingerprint density at radius 3 is 2.65 bits per heavy atom. The Morgan fingerprint density at radius 1 is 1.29 bits per heavy atom. The Morgan fingerprint density at radius 2 is 2.06 bits per heavy atom. The number of carbonyl (C=O) groups excluding carboxylic acids is 1. The third-order valence-electron chi connectivity index (χ3n) is 1.99. The molecule has 0 aliphatic heterocycles. The summed E-state index contributed by atoms with van der Waals surface area (Å²) in [6.07, 6.45) is 0.823. The van der Waals surface area contributed by atoms with Gasteiger partial charge in [0.05, 0.1) is 27.5 Å². The predicted molar refractivity (Wildman–Crippen MR) is 62.7 cm³/mol. The van der Waals surface area contributed by atoms with Gasteiger partial charge in [-0.2, -0.15) is 5.10 Å². The quantitative estimate of drug-likeness (QED) is 0.635. The van der Waals surface area contributed by atoms with Gasteiger partial charge in [0.15, 0.2) is 0 Å². The fourth-order valence-electron chi connectivity index (χ4n) is 1.13. The number of hydrogen-bond donors (Lipinski definition) is 1. The van der Waals surface area contributed by atoms with Crippen LogP contribution in [0.5, 0.6) is 11.5 Å². The lowest BCUT2D eigenvalue weighted by atomic mass is 10.2. The van der Waals surface area contributed by atoms with Gasteiger partial charge in [-0.1, -0.05) is 0 Å². The number of ether oxygens (including phenoxy) is 3. The zero-order chi connectivity index (χ0) is 12.7. The van der Waals surface area contributed by atoms with Gasteiger partial charge in [0, 0.05) is 11.6 Å². The molecule has 1 amide bonds. The van der Waals surface area contributed by atoms with E-state index in [9.17, 15) is 4.79 Å². The lowest BCUT2D eigenvalue weighted by Crippen LogP contribution is -2.16. The first-order valence-corrected chi connectivity index (χ1v) is 4.80. The fraction of sp³-hybridized carbons (Fsp3) is 0.273. The van der Waals surface area contributed by atoms with Crippen molar-refractivity contribution in [2.45, 2.75) is 0 Å². The van der Waals surface area contributed by atoms with E-state index in [2.05, 4.69) is 15.3 Å². The van der Waals surface area contributed by atoms with Crippen LogP contribution in [0.4, 0.5) is 4.79 Å². The number of nitrogens with zero attached hydrogens (tertiary/aromatic N) is 1. The molecule has 0 saturated carbocycles. The minimum Gasteiger partial charge on any atom is -0.497 e. The van der Waals surface area contributed by atoms with Crippen LogP contribution in [0.2, 0.25) is 0 Å². The van der Waals surface area contributed by atoms with Crippen molar-refractivity contribution in [2.24, 2.45) is 5.10 Å². The molecule has 0 aliphatic rings. The molecule has 17 heavy (non-hydrogen) atoms. The molecule has 0 aromatic heterocycles. The van der Waals surface area contributed by atoms with Crippen LogP contribution in [0.1, 0.15) is 5.56 Å². The predicted octanol–water partition coefficient (Wildman–Crippen LogP) is 1.39. The van der Waals surface area contributed by atoms with Crippen LogP contribution in [0.15, 0.2) is 23.3 Å². The molecule has 1 N–H and O–H groups in total. The maximum Gasteiger partial charge on any atom is 0.427 e. The fourth-order valence-corrected chi connectivity index (χ4v) is 1.13. The van der Waals surface area contributed by atoms with Crippen molar-refractivity contribution in [3.8, 4) is 11.5 Å². The normalized spacial score (nSPS) is 10.1. The van der Waals surface area contributed by atoms with Gasteiger partial charge < -0.3 is 14.2 Å². The molecule has 0 unspecified atom stereocenters. The van der Waals surface area contributed by atoms with Gasteiger partial charge in [-0.3, -0.25) is 0 Å². The largest absolute Gasteiger partial charge is 0.497 e. The molecule has 0 heterocycles. The van der Waals surface area contributed by atoms with E-state index in [0.29, 0.717) is 17.1 Å². The third-order valence-corrected chi connectivity index (χ3v) is 1.99. The summed E-state index contributed by atoms with van der Waals surface area (Å²) < 4.78 is 14.6. The first-order valence-electron chi connectivity index (χ1n) is 4.80. The van der Waals surface area contributed by atoms with Gasteiger partial charge in [-0.25, -0.2) is 10.2 Å². The summed E-state index contributed by atoms with van der Waals surface area (Å²) >= 11 is 0. The molecule has 1 aromatic carbocycles. The minimum absolute atomic E-state index is 0.597. The molecule has 0 atom stereocenters. The molecule has 6 heteroatoms. The summed E-state index contributed by atoms with van der Waals surface area (Å²) in [6, 6.07) is 5.25. The van der Waals surface area contributed by atoms with E-state index in [-0.39, 0.29) is 0 Å². The number of carbonyl (C=O) groups is 1. The van der Waals surface area contributed by atoms with Gasteiger partial charge in [0.2, 0.25) is 0 Å². The molecule has 0 fully saturated rings. The summed E-state index contributed by atoms with van der Waals surface area (Å²) in [5.41, 5.74) is 2.89. The standard InChI is InChI=1S/C11H14N2O4/c1-15-9-5-4-8(10(6-9)16-2)7-12-13-11(14)17-3/h4-7H,1-3H3,(H,13,14)/b12-7-. The van der Waals surface area contributed by atoms with Gasteiger partial charge in [0.1, 0.15) is 11.5 Å². The van der Waals surface area contributed by atoms with Crippen LogP contribution >= 0.6 is 0 Å². The molecule has 0 spiro atoms. The highest BCUT2D eigenvalue weighted by Crippen LogP contribution is 2.22. The highest BCUT2D eigenvalue weighted by atomic mass is 16.5. The Hall–Kier alpha value is -2.24. The number of methoxy groups -OCH3 is 3. The summed E-state index contributed by atoms with van der Waals surface area (Å²) in [6.45, 7) is 0. The second-order valence-electron chi connectivity index (χ2n) is 2.97. The third kappa shape index (κ3) is 3.67. The van der Waals surface area contributed by atoms with E-state index < -0.39 is 6.09 Å². The first kappa shape index (κ1) is 12.8. The van der Waals surface area contributed by atoms with E-state index in [1.54, 1.807) is 32.4 Å². The molecular weight excluding hydrogens is 224 g/mol. The SMILES string of the molecule is COC(=O)N/N=C\c1ccc(OC)cc1OC. The lowest BCUT2D eigenvalue weighted by Gasteiger charge is -2.06. The van der Waals surface area contributed by atoms with Gasteiger partial charge in [-0.05, 0) is 12.1 Å². The van der Waals surface area contributed by atoms with E-state index in [0.717, 1.165) is 0 Å². The second kappa shape index (κ2) is 6.37. The second-order valence-corrected chi connectivity index (χ2v) is 2.97. The van der Waals surface area contributed by atoms with Crippen molar-refractivity contribution in [2.75, 3.05) is 21.3 Å². The number of benzene rings is 1. The molecule has 0 saturated heterocycles. The van der Waals surface area contributed by atoms with Crippen molar-refractivity contribution in [3.05, 3.63) is 23.8 Å². The first-order chi connectivity index (χ1) is 8.21. The molecule has 1 aromatic rings. The number of hydrogen-bond acceptors (Lipinski definition) is 5. The topological polar surface area (TPSA) is 69.2 Å². The van der Waals surface area contributed by atoms with Crippen LogP contribution in [0, 0.1) is 0 Å². The number of rotatable bonds is 4.